The number of halogens is 2. The van der Waals surface area contributed by atoms with Gasteiger partial charge in [0.1, 0.15) is 0 Å². The van der Waals surface area contributed by atoms with Crippen LogP contribution in [0, 0.1) is 24.0 Å². The van der Waals surface area contributed by atoms with Gasteiger partial charge in [-0.05, 0) is 18.6 Å². The third-order valence-corrected chi connectivity index (χ3v) is 2.90. The molecule has 0 heterocycles. The van der Waals surface area contributed by atoms with E-state index < -0.39 is 32.3 Å². The molecule has 0 aromatic heterocycles. The van der Waals surface area contributed by atoms with E-state index in [1.807, 2.05) is 0 Å². The van der Waals surface area contributed by atoms with Crippen LogP contribution in [0.15, 0.2) is 17.0 Å². The van der Waals surface area contributed by atoms with Crippen molar-refractivity contribution in [2.45, 2.75) is 17.7 Å². The monoisotopic (exact) mass is 275 g/mol. The maximum atomic E-state index is 13.4. The van der Waals surface area contributed by atoms with Crippen molar-refractivity contribution in [1.82, 2.24) is 0 Å². The fourth-order valence-electron chi connectivity index (χ4n) is 1.19. The molecule has 98 valence electrons. The average molecular weight is 275 g/mol. The normalized spacial score (nSPS) is 11.0. The van der Waals surface area contributed by atoms with E-state index in [0.717, 1.165) is 0 Å². The SMILES string of the molecule is C#CCCCOc1c(F)cc(S(N)(=O)=O)cc1F. The van der Waals surface area contributed by atoms with Crippen LogP contribution in [0.2, 0.25) is 0 Å². The van der Waals surface area contributed by atoms with Gasteiger partial charge in [-0.25, -0.2) is 22.3 Å². The zero-order chi connectivity index (χ0) is 13.8. The molecule has 1 aromatic carbocycles. The Morgan fingerprint density at radius 2 is 1.89 bits per heavy atom. The molecule has 0 aliphatic carbocycles. The summed E-state index contributed by atoms with van der Waals surface area (Å²) >= 11 is 0. The van der Waals surface area contributed by atoms with Gasteiger partial charge in [0.25, 0.3) is 0 Å². The molecule has 0 spiro atoms. The standard InChI is InChI=1S/C11H11F2NO3S/c1-2-3-4-5-17-11-9(12)6-8(7-10(11)13)18(14,15)16/h1,6-7H,3-5H2,(H2,14,15,16). The predicted octanol–water partition coefficient (Wildman–Crippen LogP) is 1.40. The van der Waals surface area contributed by atoms with Crippen molar-refractivity contribution >= 4 is 10.0 Å². The summed E-state index contributed by atoms with van der Waals surface area (Å²) in [6, 6.07) is 1.21. The van der Waals surface area contributed by atoms with Crippen molar-refractivity contribution < 1.29 is 21.9 Å². The van der Waals surface area contributed by atoms with Gasteiger partial charge < -0.3 is 4.74 Å². The van der Waals surface area contributed by atoms with Crippen LogP contribution >= 0.6 is 0 Å². The number of hydrogen-bond donors (Lipinski definition) is 1. The minimum atomic E-state index is -4.16. The molecule has 18 heavy (non-hydrogen) atoms. The van der Waals surface area contributed by atoms with E-state index in [-0.39, 0.29) is 6.61 Å². The first kappa shape index (κ1) is 14.4. The van der Waals surface area contributed by atoms with Crippen molar-refractivity contribution in [1.29, 1.82) is 0 Å². The number of terminal acetylenes is 1. The summed E-state index contributed by atoms with van der Waals surface area (Å²) in [5.41, 5.74) is 0. The van der Waals surface area contributed by atoms with Gasteiger partial charge in [-0.3, -0.25) is 0 Å². The van der Waals surface area contributed by atoms with Gasteiger partial charge in [0, 0.05) is 6.42 Å². The summed E-state index contributed by atoms with van der Waals surface area (Å²) < 4.78 is 53.6. The third-order valence-electron chi connectivity index (χ3n) is 2.01. The molecule has 2 N–H and O–H groups in total. The molecular formula is C11H11F2NO3S. The zero-order valence-corrected chi connectivity index (χ0v) is 10.1. The molecule has 0 saturated carbocycles. The van der Waals surface area contributed by atoms with Gasteiger partial charge in [0.2, 0.25) is 10.0 Å². The molecule has 4 nitrogen and oxygen atoms in total. The minimum Gasteiger partial charge on any atom is -0.488 e. The van der Waals surface area contributed by atoms with Crippen LogP contribution < -0.4 is 9.88 Å². The number of ether oxygens (including phenoxy) is 1. The highest BCUT2D eigenvalue weighted by Gasteiger charge is 2.17. The Morgan fingerprint density at radius 3 is 2.33 bits per heavy atom. The van der Waals surface area contributed by atoms with E-state index in [1.165, 1.54) is 0 Å². The number of unbranched alkanes of at least 4 members (excludes halogenated alkanes) is 1. The number of primary sulfonamides is 1. The molecule has 1 aromatic rings. The highest BCUT2D eigenvalue weighted by Crippen LogP contribution is 2.25. The summed E-state index contributed by atoms with van der Waals surface area (Å²) in [5, 5.41) is 4.76. The summed E-state index contributed by atoms with van der Waals surface area (Å²) in [6.07, 6.45) is 5.85. The van der Waals surface area contributed by atoms with E-state index >= 15 is 0 Å². The second-order valence-electron chi connectivity index (χ2n) is 3.42. The highest BCUT2D eigenvalue weighted by molar-refractivity contribution is 7.89. The molecule has 7 heteroatoms. The molecular weight excluding hydrogens is 264 g/mol. The minimum absolute atomic E-state index is 0.0345. The lowest BCUT2D eigenvalue weighted by molar-refractivity contribution is 0.280. The van der Waals surface area contributed by atoms with Crippen molar-refractivity contribution in [3.8, 4) is 18.1 Å². The fraction of sp³-hybridized carbons (Fsp3) is 0.273. The summed E-state index contributed by atoms with van der Waals surface area (Å²) in [6.45, 7) is 0.0345. The van der Waals surface area contributed by atoms with Crippen LogP contribution in [0.5, 0.6) is 5.75 Å². The molecule has 0 amide bonds. The Hall–Kier alpha value is -1.65. The first-order chi connectivity index (χ1) is 8.36. The molecule has 1 rings (SSSR count). The van der Waals surface area contributed by atoms with Crippen molar-refractivity contribution in [3.05, 3.63) is 23.8 Å². The van der Waals surface area contributed by atoms with E-state index in [9.17, 15) is 17.2 Å². The van der Waals surface area contributed by atoms with Crippen molar-refractivity contribution in [2.24, 2.45) is 5.14 Å². The van der Waals surface area contributed by atoms with Crippen LogP contribution in [-0.2, 0) is 10.0 Å². The number of nitrogens with two attached hydrogens (primary N) is 1. The van der Waals surface area contributed by atoms with Crippen LogP contribution in [0.4, 0.5) is 8.78 Å². The van der Waals surface area contributed by atoms with Gasteiger partial charge in [0.05, 0.1) is 11.5 Å². The predicted molar refractivity (Wildman–Crippen MR) is 61.3 cm³/mol. The number of benzene rings is 1. The summed E-state index contributed by atoms with van der Waals surface area (Å²) in [4.78, 5) is -0.645. The molecule has 0 unspecified atom stereocenters. The molecule has 0 fully saturated rings. The van der Waals surface area contributed by atoms with Crippen LogP contribution in [0.25, 0.3) is 0 Å². The van der Waals surface area contributed by atoms with Crippen LogP contribution in [0.3, 0.4) is 0 Å². The molecule has 0 aliphatic rings. The Morgan fingerprint density at radius 1 is 1.33 bits per heavy atom. The van der Waals surface area contributed by atoms with Gasteiger partial charge >= 0.3 is 0 Å². The molecule has 0 atom stereocenters. The van der Waals surface area contributed by atoms with E-state index in [4.69, 9.17) is 16.3 Å². The van der Waals surface area contributed by atoms with Gasteiger partial charge in [-0.15, -0.1) is 12.3 Å². The van der Waals surface area contributed by atoms with E-state index in [1.54, 1.807) is 0 Å². The topological polar surface area (TPSA) is 69.4 Å². The Kier molecular flexibility index (Phi) is 4.64. The maximum Gasteiger partial charge on any atom is 0.238 e. The lowest BCUT2D eigenvalue weighted by atomic mass is 10.3. The van der Waals surface area contributed by atoms with Crippen LogP contribution in [0.1, 0.15) is 12.8 Å². The second-order valence-corrected chi connectivity index (χ2v) is 4.98. The average Bonchev–Trinajstić information content (AvgIpc) is 2.25. The molecule has 0 aliphatic heterocycles. The summed E-state index contributed by atoms with van der Waals surface area (Å²) in [5.74, 6) is -0.541. The largest absolute Gasteiger partial charge is 0.488 e. The highest BCUT2D eigenvalue weighted by atomic mass is 32.2. The van der Waals surface area contributed by atoms with Gasteiger partial charge in [0.15, 0.2) is 17.4 Å². The van der Waals surface area contributed by atoms with E-state index in [2.05, 4.69) is 5.92 Å². The van der Waals surface area contributed by atoms with Gasteiger partial charge in [-0.1, -0.05) is 0 Å². The van der Waals surface area contributed by atoms with Crippen molar-refractivity contribution in [3.63, 3.8) is 0 Å². The Labute approximate surface area is 104 Å². The number of rotatable bonds is 5. The number of sulfonamides is 1. The second kappa shape index (κ2) is 5.80. The summed E-state index contributed by atoms with van der Waals surface area (Å²) in [7, 11) is -4.16. The molecule has 0 radical (unpaired) electrons. The number of hydrogen-bond acceptors (Lipinski definition) is 3. The van der Waals surface area contributed by atoms with Crippen LogP contribution in [-0.4, -0.2) is 15.0 Å². The quantitative estimate of drug-likeness (QED) is 0.652. The Bertz CT molecular complexity index is 555. The molecule has 0 saturated heterocycles. The van der Waals surface area contributed by atoms with Gasteiger partial charge in [-0.2, -0.15) is 0 Å². The fourth-order valence-corrected chi connectivity index (χ4v) is 1.72. The lowest BCUT2D eigenvalue weighted by Crippen LogP contribution is -2.13. The maximum absolute atomic E-state index is 13.4. The van der Waals surface area contributed by atoms with E-state index in [0.29, 0.717) is 25.0 Å². The molecule has 0 bridgehead atoms. The first-order valence-corrected chi connectivity index (χ1v) is 6.49. The Balaban J connectivity index is 2.93. The lowest BCUT2D eigenvalue weighted by Gasteiger charge is -2.08. The smallest absolute Gasteiger partial charge is 0.238 e. The third kappa shape index (κ3) is 3.68. The van der Waals surface area contributed by atoms with Crippen molar-refractivity contribution in [2.75, 3.05) is 6.61 Å². The zero-order valence-electron chi connectivity index (χ0n) is 9.32. The first-order valence-electron chi connectivity index (χ1n) is 4.94.